The van der Waals surface area contributed by atoms with Gasteiger partial charge in [0.2, 0.25) is 5.89 Å². The third-order valence-corrected chi connectivity index (χ3v) is 3.69. The van der Waals surface area contributed by atoms with E-state index in [1.807, 2.05) is 6.92 Å². The van der Waals surface area contributed by atoms with E-state index < -0.39 is 0 Å². The van der Waals surface area contributed by atoms with Crippen LogP contribution < -0.4 is 10.6 Å². The zero-order valence-electron chi connectivity index (χ0n) is 11.6. The van der Waals surface area contributed by atoms with Crippen molar-refractivity contribution in [2.24, 2.45) is 0 Å². The van der Waals surface area contributed by atoms with Gasteiger partial charge in [0.25, 0.3) is 0 Å². The lowest BCUT2D eigenvalue weighted by atomic mass is 9.83. The minimum Gasteiger partial charge on any atom is -0.406 e. The Hall–Kier alpha value is -1.10. The first-order valence-corrected chi connectivity index (χ1v) is 6.98. The summed E-state index contributed by atoms with van der Waals surface area (Å²) < 4.78 is 5.67. The first-order chi connectivity index (χ1) is 8.63. The molecule has 1 saturated carbocycles. The van der Waals surface area contributed by atoms with Crippen molar-refractivity contribution in [3.63, 3.8) is 0 Å². The van der Waals surface area contributed by atoms with Gasteiger partial charge in [-0.25, -0.2) is 0 Å². The molecule has 0 aromatic carbocycles. The van der Waals surface area contributed by atoms with Crippen LogP contribution in [0.5, 0.6) is 0 Å². The molecule has 5 heteroatoms. The van der Waals surface area contributed by atoms with Crippen LogP contribution in [0, 0.1) is 0 Å². The average Bonchev–Trinajstić information content (AvgIpc) is 2.78. The van der Waals surface area contributed by atoms with E-state index >= 15 is 0 Å². The smallest absolute Gasteiger partial charge is 0.315 e. The number of nitrogens with zero attached hydrogens (tertiary/aromatic N) is 2. The SMILES string of the molecule is CCNC(C)c1nnc(NC2(C)CCCCC2)o1. The first kappa shape index (κ1) is 13.3. The summed E-state index contributed by atoms with van der Waals surface area (Å²) in [5, 5.41) is 14.9. The zero-order chi connectivity index (χ0) is 13.0. The van der Waals surface area contributed by atoms with E-state index in [0.29, 0.717) is 11.9 Å². The number of nitrogens with one attached hydrogen (secondary N) is 2. The molecule has 1 atom stereocenters. The molecular weight excluding hydrogens is 228 g/mol. The Morgan fingerprint density at radius 3 is 2.67 bits per heavy atom. The minimum atomic E-state index is 0.109. The minimum absolute atomic E-state index is 0.109. The summed E-state index contributed by atoms with van der Waals surface area (Å²) >= 11 is 0. The fourth-order valence-electron chi connectivity index (χ4n) is 2.57. The molecule has 0 aliphatic heterocycles. The number of anilines is 1. The molecule has 1 aromatic heterocycles. The predicted molar refractivity (Wildman–Crippen MR) is 71.5 cm³/mol. The molecule has 1 aliphatic rings. The highest BCUT2D eigenvalue weighted by molar-refractivity contribution is 5.24. The van der Waals surface area contributed by atoms with Crippen LogP contribution in [0.2, 0.25) is 0 Å². The van der Waals surface area contributed by atoms with Gasteiger partial charge in [-0.15, -0.1) is 5.10 Å². The van der Waals surface area contributed by atoms with Crippen molar-refractivity contribution in [2.75, 3.05) is 11.9 Å². The summed E-state index contributed by atoms with van der Waals surface area (Å²) in [5.41, 5.74) is 0.115. The molecule has 1 heterocycles. The molecule has 2 N–H and O–H groups in total. The molecule has 0 spiro atoms. The Morgan fingerprint density at radius 1 is 1.28 bits per heavy atom. The molecule has 1 fully saturated rings. The number of aromatic nitrogens is 2. The van der Waals surface area contributed by atoms with Gasteiger partial charge in [0.1, 0.15) is 0 Å². The van der Waals surface area contributed by atoms with E-state index in [4.69, 9.17) is 4.42 Å². The third-order valence-electron chi connectivity index (χ3n) is 3.69. The number of rotatable bonds is 5. The number of hydrogen-bond acceptors (Lipinski definition) is 5. The molecule has 102 valence electrons. The normalized spacial score (nSPS) is 20.6. The predicted octanol–water partition coefficient (Wildman–Crippen LogP) is 2.87. The molecular formula is C13H24N4O. The van der Waals surface area contributed by atoms with Crippen LogP contribution in [-0.2, 0) is 0 Å². The van der Waals surface area contributed by atoms with Gasteiger partial charge >= 0.3 is 6.01 Å². The lowest BCUT2D eigenvalue weighted by Crippen LogP contribution is -2.36. The molecule has 0 radical (unpaired) electrons. The van der Waals surface area contributed by atoms with Gasteiger partial charge in [-0.3, -0.25) is 0 Å². The largest absolute Gasteiger partial charge is 0.406 e. The fourth-order valence-corrected chi connectivity index (χ4v) is 2.57. The van der Waals surface area contributed by atoms with Crippen LogP contribution in [0.1, 0.15) is 64.8 Å². The summed E-state index contributed by atoms with van der Waals surface area (Å²) in [5.74, 6) is 0.652. The second kappa shape index (κ2) is 5.69. The fraction of sp³-hybridized carbons (Fsp3) is 0.846. The average molecular weight is 252 g/mol. The van der Waals surface area contributed by atoms with E-state index in [1.54, 1.807) is 0 Å². The second-order valence-corrected chi connectivity index (χ2v) is 5.47. The molecule has 1 aromatic rings. The van der Waals surface area contributed by atoms with Crippen molar-refractivity contribution >= 4 is 6.01 Å². The summed E-state index contributed by atoms with van der Waals surface area (Å²) in [6.07, 6.45) is 6.24. The standard InChI is InChI=1S/C13H24N4O/c1-4-14-10(2)11-16-17-12(18-11)15-13(3)8-6-5-7-9-13/h10,14H,4-9H2,1-3H3,(H,15,17). The van der Waals surface area contributed by atoms with Gasteiger partial charge in [-0.05, 0) is 33.2 Å². The van der Waals surface area contributed by atoms with E-state index in [1.165, 1.54) is 32.1 Å². The van der Waals surface area contributed by atoms with Crippen LogP contribution in [0.4, 0.5) is 6.01 Å². The maximum Gasteiger partial charge on any atom is 0.315 e. The van der Waals surface area contributed by atoms with Crippen molar-refractivity contribution in [1.82, 2.24) is 15.5 Å². The first-order valence-electron chi connectivity index (χ1n) is 6.98. The van der Waals surface area contributed by atoms with Gasteiger partial charge < -0.3 is 15.1 Å². The maximum absolute atomic E-state index is 5.67. The van der Waals surface area contributed by atoms with Crippen molar-refractivity contribution in [3.8, 4) is 0 Å². The van der Waals surface area contributed by atoms with Crippen LogP contribution in [-0.4, -0.2) is 22.3 Å². The van der Waals surface area contributed by atoms with E-state index in [-0.39, 0.29) is 11.6 Å². The maximum atomic E-state index is 5.67. The van der Waals surface area contributed by atoms with Crippen LogP contribution in [0.15, 0.2) is 4.42 Å². The lowest BCUT2D eigenvalue weighted by Gasteiger charge is -2.33. The van der Waals surface area contributed by atoms with Gasteiger partial charge in [0.05, 0.1) is 6.04 Å². The molecule has 0 amide bonds. The topological polar surface area (TPSA) is 63.0 Å². The van der Waals surface area contributed by atoms with Crippen LogP contribution in [0.25, 0.3) is 0 Å². The Kier molecular flexibility index (Phi) is 4.22. The summed E-state index contributed by atoms with van der Waals surface area (Å²) in [4.78, 5) is 0. The second-order valence-electron chi connectivity index (χ2n) is 5.47. The van der Waals surface area contributed by atoms with Crippen molar-refractivity contribution in [1.29, 1.82) is 0 Å². The van der Waals surface area contributed by atoms with E-state index in [0.717, 1.165) is 6.54 Å². The molecule has 2 rings (SSSR count). The van der Waals surface area contributed by atoms with Crippen molar-refractivity contribution < 1.29 is 4.42 Å². The summed E-state index contributed by atoms with van der Waals surface area (Å²) in [6, 6.07) is 0.663. The third kappa shape index (κ3) is 3.22. The summed E-state index contributed by atoms with van der Waals surface area (Å²) in [7, 11) is 0. The molecule has 1 aliphatic carbocycles. The number of hydrogen-bond donors (Lipinski definition) is 2. The van der Waals surface area contributed by atoms with Crippen LogP contribution in [0.3, 0.4) is 0 Å². The Labute approximate surface area is 109 Å². The van der Waals surface area contributed by atoms with Gasteiger partial charge in [-0.1, -0.05) is 31.3 Å². The highest BCUT2D eigenvalue weighted by Gasteiger charge is 2.28. The summed E-state index contributed by atoms with van der Waals surface area (Å²) in [6.45, 7) is 7.23. The van der Waals surface area contributed by atoms with Gasteiger partial charge in [-0.2, -0.15) is 0 Å². The highest BCUT2D eigenvalue weighted by atomic mass is 16.4. The zero-order valence-corrected chi connectivity index (χ0v) is 11.6. The van der Waals surface area contributed by atoms with Crippen LogP contribution >= 0.6 is 0 Å². The molecule has 18 heavy (non-hydrogen) atoms. The lowest BCUT2D eigenvalue weighted by molar-refractivity contribution is 0.336. The van der Waals surface area contributed by atoms with Crippen molar-refractivity contribution in [2.45, 2.75) is 64.5 Å². The quantitative estimate of drug-likeness (QED) is 0.843. The van der Waals surface area contributed by atoms with Crippen molar-refractivity contribution in [3.05, 3.63) is 5.89 Å². The monoisotopic (exact) mass is 252 g/mol. The van der Waals surface area contributed by atoms with Gasteiger partial charge in [0.15, 0.2) is 0 Å². The highest BCUT2D eigenvalue weighted by Crippen LogP contribution is 2.31. The Bertz CT molecular complexity index is 371. The molecule has 1 unspecified atom stereocenters. The molecule has 5 nitrogen and oxygen atoms in total. The van der Waals surface area contributed by atoms with E-state index in [2.05, 4.69) is 34.7 Å². The van der Waals surface area contributed by atoms with Gasteiger partial charge in [0, 0.05) is 5.54 Å². The Balaban J connectivity index is 1.97. The van der Waals surface area contributed by atoms with E-state index in [9.17, 15) is 0 Å². The Morgan fingerprint density at radius 2 is 2.00 bits per heavy atom. The molecule has 0 saturated heterocycles. The molecule has 0 bridgehead atoms.